The molecular weight excluding hydrogens is 479 g/mol. The number of sulfonamides is 1. The van der Waals surface area contributed by atoms with Gasteiger partial charge in [-0.3, -0.25) is 9.69 Å². The minimum atomic E-state index is -4.35. The van der Waals surface area contributed by atoms with Gasteiger partial charge in [0.1, 0.15) is 0 Å². The predicted molar refractivity (Wildman–Crippen MR) is 125 cm³/mol. The summed E-state index contributed by atoms with van der Waals surface area (Å²) in [4.78, 5) is 17.3. The molecule has 4 aliphatic carbocycles. The van der Waals surface area contributed by atoms with E-state index in [2.05, 4.69) is 11.0 Å². The number of piperazine rings is 1. The summed E-state index contributed by atoms with van der Waals surface area (Å²) in [5.74, 6) is 0.456. The zero-order valence-electron chi connectivity index (χ0n) is 19.4. The first-order valence-electron chi connectivity index (χ1n) is 12.5. The number of carbonyl (C=O) groups is 1. The number of unbranched alkanes of at least 4 members (excludes halogenated alkanes) is 1. The number of rotatable bonds is 6. The van der Waals surface area contributed by atoms with Gasteiger partial charge < -0.3 is 4.90 Å². The van der Waals surface area contributed by atoms with Gasteiger partial charge in [0.15, 0.2) is 0 Å². The second-order valence-corrected chi connectivity index (χ2v) is 12.6. The number of benzene rings is 1. The first-order valence-corrected chi connectivity index (χ1v) is 14.0. The molecule has 0 aromatic heterocycles. The Morgan fingerprint density at radius 3 is 2.37 bits per heavy atom. The smallest absolute Gasteiger partial charge is 0.369 e. The number of anilines is 1. The lowest BCUT2D eigenvalue weighted by Crippen LogP contribution is -2.46. The van der Waals surface area contributed by atoms with Crippen molar-refractivity contribution in [2.75, 3.05) is 44.2 Å². The van der Waals surface area contributed by atoms with E-state index >= 15 is 0 Å². The average molecular weight is 510 g/mol. The Kier molecular flexibility index (Phi) is 5.49. The molecule has 1 aromatic carbocycles. The molecule has 6 unspecified atom stereocenters. The van der Waals surface area contributed by atoms with E-state index in [1.807, 2.05) is 11.0 Å². The van der Waals surface area contributed by atoms with Crippen LogP contribution in [0.4, 0.5) is 18.9 Å². The van der Waals surface area contributed by atoms with Crippen LogP contribution in [0.25, 0.3) is 0 Å². The van der Waals surface area contributed by atoms with Crippen molar-refractivity contribution in [3.63, 3.8) is 0 Å². The summed E-state index contributed by atoms with van der Waals surface area (Å²) in [6.07, 6.45) is 2.24. The lowest BCUT2D eigenvalue weighted by atomic mass is 9.68. The molecule has 7 rings (SSSR count). The van der Waals surface area contributed by atoms with Crippen LogP contribution in [0, 0.1) is 29.6 Å². The molecule has 2 saturated carbocycles. The highest BCUT2D eigenvalue weighted by molar-refractivity contribution is 7.90. The Morgan fingerprint density at radius 1 is 0.943 bits per heavy atom. The third kappa shape index (κ3) is 3.87. The third-order valence-electron chi connectivity index (χ3n) is 8.76. The molecule has 2 aliphatic heterocycles. The van der Waals surface area contributed by atoms with E-state index in [9.17, 15) is 26.4 Å². The molecule has 6 aliphatic rings. The zero-order valence-corrected chi connectivity index (χ0v) is 20.2. The van der Waals surface area contributed by atoms with Crippen LogP contribution >= 0.6 is 0 Å². The first kappa shape index (κ1) is 23.3. The number of nitrogens with zero attached hydrogens (tertiary/aromatic N) is 3. The van der Waals surface area contributed by atoms with Crippen molar-refractivity contribution in [2.24, 2.45) is 29.6 Å². The monoisotopic (exact) mass is 509 g/mol. The zero-order chi connectivity index (χ0) is 24.5. The Bertz CT molecular complexity index is 1150. The van der Waals surface area contributed by atoms with Crippen LogP contribution in [0.5, 0.6) is 0 Å². The number of amides is 1. The molecule has 1 aromatic rings. The summed E-state index contributed by atoms with van der Waals surface area (Å²) in [6, 6.07) is 5.44. The lowest BCUT2D eigenvalue weighted by Gasteiger charge is -2.37. The van der Waals surface area contributed by atoms with Crippen molar-refractivity contribution in [1.29, 1.82) is 0 Å². The lowest BCUT2D eigenvalue weighted by molar-refractivity contribution is -0.137. The molecular formula is C25H30F3N3O3S. The molecule has 35 heavy (non-hydrogen) atoms. The van der Waals surface area contributed by atoms with Crippen molar-refractivity contribution in [2.45, 2.75) is 30.7 Å². The fourth-order valence-electron chi connectivity index (χ4n) is 6.92. The van der Waals surface area contributed by atoms with E-state index in [4.69, 9.17) is 0 Å². The first-order chi connectivity index (χ1) is 16.7. The van der Waals surface area contributed by atoms with E-state index in [1.54, 1.807) is 6.07 Å². The van der Waals surface area contributed by atoms with E-state index in [0.29, 0.717) is 37.0 Å². The van der Waals surface area contributed by atoms with Crippen LogP contribution in [-0.4, -0.2) is 68.0 Å². The fraction of sp³-hybridized carbons (Fsp3) is 0.640. The summed E-state index contributed by atoms with van der Waals surface area (Å²) in [7, 11) is -3.60. The van der Waals surface area contributed by atoms with Gasteiger partial charge in [0.05, 0.1) is 16.7 Å². The van der Waals surface area contributed by atoms with E-state index in [-0.39, 0.29) is 30.2 Å². The molecule has 0 radical (unpaired) electrons. The number of halogens is 3. The number of hydrogen-bond acceptors (Lipinski definition) is 5. The summed E-state index contributed by atoms with van der Waals surface area (Å²) >= 11 is 0. The van der Waals surface area contributed by atoms with Gasteiger partial charge >= 0.3 is 6.18 Å². The van der Waals surface area contributed by atoms with Crippen LogP contribution in [-0.2, 0) is 21.0 Å². The maximum absolute atomic E-state index is 13.2. The van der Waals surface area contributed by atoms with E-state index in [1.165, 1.54) is 16.4 Å². The van der Waals surface area contributed by atoms with Gasteiger partial charge in [0.2, 0.25) is 15.9 Å². The Balaban J connectivity index is 0.989. The van der Waals surface area contributed by atoms with Gasteiger partial charge in [-0.1, -0.05) is 18.2 Å². The molecule has 190 valence electrons. The molecule has 4 fully saturated rings. The quantitative estimate of drug-likeness (QED) is 0.436. The second kappa shape index (κ2) is 8.23. The van der Waals surface area contributed by atoms with Crippen LogP contribution in [0.2, 0.25) is 0 Å². The molecule has 6 nitrogen and oxygen atoms in total. The molecule has 0 spiro atoms. The predicted octanol–water partition coefficient (Wildman–Crippen LogP) is 3.22. The highest BCUT2D eigenvalue weighted by atomic mass is 32.2. The maximum Gasteiger partial charge on any atom is 0.416 e. The molecule has 0 N–H and O–H groups in total. The minimum absolute atomic E-state index is 0.00192. The molecule has 2 saturated heterocycles. The second-order valence-electron chi connectivity index (χ2n) is 10.6. The van der Waals surface area contributed by atoms with Gasteiger partial charge in [-0.05, 0) is 67.7 Å². The van der Waals surface area contributed by atoms with Crippen LogP contribution < -0.4 is 4.90 Å². The fourth-order valence-corrected chi connectivity index (χ4v) is 9.33. The normalized spacial score (nSPS) is 35.3. The van der Waals surface area contributed by atoms with E-state index < -0.39 is 27.0 Å². The van der Waals surface area contributed by atoms with Crippen LogP contribution in [0.1, 0.15) is 24.8 Å². The maximum atomic E-state index is 13.2. The van der Waals surface area contributed by atoms with Crippen LogP contribution in [0.15, 0.2) is 36.4 Å². The topological polar surface area (TPSA) is 60.9 Å². The van der Waals surface area contributed by atoms with Crippen LogP contribution in [0.3, 0.4) is 0 Å². The highest BCUT2D eigenvalue weighted by Crippen LogP contribution is 2.64. The summed E-state index contributed by atoms with van der Waals surface area (Å²) in [5.41, 5.74) is -0.0516. The number of hydrogen-bond donors (Lipinski definition) is 0. The minimum Gasteiger partial charge on any atom is -0.369 e. The number of alkyl halides is 3. The van der Waals surface area contributed by atoms with Gasteiger partial charge in [0.25, 0.3) is 0 Å². The molecule has 2 bridgehead atoms. The standard InChI is InChI=1S/C25H30F3N3O3S/c26-25(27,28)16-4-3-5-17(14-16)30-12-10-29(11-13-30)8-1-2-9-31-24(32)22-18-6-7-19(21-15-20(18)21)23(22)35(31,33)34/h3-7,14,18-23H,1-2,8-13,15H2. The summed E-state index contributed by atoms with van der Waals surface area (Å²) in [6.45, 7) is 3.78. The van der Waals surface area contributed by atoms with Crippen molar-refractivity contribution in [1.82, 2.24) is 9.21 Å². The van der Waals surface area contributed by atoms with Gasteiger partial charge in [0, 0.05) is 38.4 Å². The molecule has 10 heteroatoms. The van der Waals surface area contributed by atoms with Crippen molar-refractivity contribution >= 4 is 21.6 Å². The largest absolute Gasteiger partial charge is 0.416 e. The molecule has 1 amide bonds. The van der Waals surface area contributed by atoms with E-state index in [0.717, 1.165) is 38.5 Å². The van der Waals surface area contributed by atoms with Crippen molar-refractivity contribution in [3.05, 3.63) is 42.0 Å². The summed E-state index contributed by atoms with van der Waals surface area (Å²) in [5, 5.41) is -0.558. The molecule has 6 atom stereocenters. The van der Waals surface area contributed by atoms with Gasteiger partial charge in [-0.25, -0.2) is 12.7 Å². The van der Waals surface area contributed by atoms with Crippen molar-refractivity contribution < 1.29 is 26.4 Å². The Labute approximate surface area is 203 Å². The van der Waals surface area contributed by atoms with Gasteiger partial charge in [-0.15, -0.1) is 0 Å². The summed E-state index contributed by atoms with van der Waals surface area (Å²) < 4.78 is 66.7. The van der Waals surface area contributed by atoms with Crippen molar-refractivity contribution in [3.8, 4) is 0 Å². The molecule has 2 heterocycles. The number of carbonyl (C=O) groups excluding carboxylic acids is 1. The van der Waals surface area contributed by atoms with Gasteiger partial charge in [-0.2, -0.15) is 13.2 Å². The number of allylic oxidation sites excluding steroid dienone is 2. The Morgan fingerprint density at radius 2 is 1.63 bits per heavy atom. The SMILES string of the molecule is O=C1C2C3C=CC(C4CC34)C2S(=O)(=O)N1CCCCN1CCN(c2cccc(C(F)(F)F)c2)CC1. The average Bonchev–Trinajstić information content (AvgIpc) is 3.63. The third-order valence-corrected chi connectivity index (χ3v) is 11.0. The Hall–Kier alpha value is -2.07. The highest BCUT2D eigenvalue weighted by Gasteiger charge is 2.69.